The van der Waals surface area contributed by atoms with E-state index in [4.69, 9.17) is 0 Å². The number of nitrogens with one attached hydrogen (secondary N) is 1. The fraction of sp³-hybridized carbons (Fsp3) is 0.0500. The third-order valence-electron chi connectivity index (χ3n) is 4.16. The van der Waals surface area contributed by atoms with E-state index in [0.717, 1.165) is 25.9 Å². The molecule has 1 amide bonds. The Kier molecular flexibility index (Phi) is 4.42. The molecule has 2 aromatic carbocycles. The van der Waals surface area contributed by atoms with Crippen LogP contribution in [-0.4, -0.2) is 20.7 Å². The lowest BCUT2D eigenvalue weighted by Crippen LogP contribution is -2.13. The molecule has 128 valence electrons. The summed E-state index contributed by atoms with van der Waals surface area (Å²) in [6.07, 6.45) is 1.58. The van der Waals surface area contributed by atoms with Crippen LogP contribution in [0.4, 0.5) is 5.69 Å². The third kappa shape index (κ3) is 3.20. The van der Waals surface area contributed by atoms with E-state index in [9.17, 15) is 4.79 Å². The molecule has 0 fully saturated rings. The summed E-state index contributed by atoms with van der Waals surface area (Å²) in [4.78, 5) is 17.2. The lowest BCUT2D eigenvalue weighted by atomic mass is 10.2. The highest BCUT2D eigenvalue weighted by molar-refractivity contribution is 14.1. The first kappa shape index (κ1) is 16.7. The second kappa shape index (κ2) is 6.87. The van der Waals surface area contributed by atoms with Crippen molar-refractivity contribution >= 4 is 45.1 Å². The van der Waals surface area contributed by atoms with Gasteiger partial charge < -0.3 is 5.32 Å². The van der Waals surface area contributed by atoms with Gasteiger partial charge in [-0.2, -0.15) is 5.10 Å². The molecule has 2 heterocycles. The highest BCUT2D eigenvalue weighted by atomic mass is 127. The van der Waals surface area contributed by atoms with Gasteiger partial charge in [-0.15, -0.1) is 0 Å². The monoisotopic (exact) mass is 454 g/mol. The number of carbonyl (C=O) groups excluding carboxylic acids is 1. The molecule has 4 aromatic rings. The largest absolute Gasteiger partial charge is 0.322 e. The minimum atomic E-state index is -0.184. The molecule has 0 aliphatic heterocycles. The van der Waals surface area contributed by atoms with Crippen LogP contribution in [0.2, 0.25) is 0 Å². The van der Waals surface area contributed by atoms with Crippen molar-refractivity contribution in [3.63, 3.8) is 0 Å². The average molecular weight is 454 g/mol. The zero-order chi connectivity index (χ0) is 18.1. The standard InChI is InChI=1S/C20H15IN4O/c1-13-17(20(26)23-16-9-7-15(21)8-10-16)12-22-25(13)19-11-6-14-4-2-3-5-18(14)24-19/h2-12H,1H3,(H,23,26). The molecular formula is C20H15IN4O. The van der Waals surface area contributed by atoms with Crippen molar-refractivity contribution in [1.82, 2.24) is 14.8 Å². The summed E-state index contributed by atoms with van der Waals surface area (Å²) < 4.78 is 2.81. The average Bonchev–Trinajstić information content (AvgIpc) is 3.05. The molecule has 0 bridgehead atoms. The van der Waals surface area contributed by atoms with E-state index >= 15 is 0 Å². The number of fused-ring (bicyclic) bond motifs is 1. The van der Waals surface area contributed by atoms with Gasteiger partial charge in [0, 0.05) is 14.6 Å². The lowest BCUT2D eigenvalue weighted by Gasteiger charge is -2.07. The number of hydrogen-bond donors (Lipinski definition) is 1. The number of nitrogens with zero attached hydrogens (tertiary/aromatic N) is 3. The number of anilines is 1. The molecule has 0 radical (unpaired) electrons. The van der Waals surface area contributed by atoms with Gasteiger partial charge in [0.2, 0.25) is 0 Å². The maximum absolute atomic E-state index is 12.6. The number of pyridine rings is 1. The van der Waals surface area contributed by atoms with Gasteiger partial charge in [0.25, 0.3) is 5.91 Å². The number of hydrogen-bond acceptors (Lipinski definition) is 3. The van der Waals surface area contributed by atoms with Crippen LogP contribution in [0.15, 0.2) is 66.9 Å². The van der Waals surface area contributed by atoms with Gasteiger partial charge >= 0.3 is 0 Å². The topological polar surface area (TPSA) is 59.8 Å². The zero-order valence-electron chi connectivity index (χ0n) is 14.0. The van der Waals surface area contributed by atoms with E-state index in [1.54, 1.807) is 10.9 Å². The fourth-order valence-electron chi connectivity index (χ4n) is 2.77. The fourth-order valence-corrected chi connectivity index (χ4v) is 3.13. The van der Waals surface area contributed by atoms with Crippen molar-refractivity contribution < 1.29 is 4.79 Å². The third-order valence-corrected chi connectivity index (χ3v) is 4.88. The van der Waals surface area contributed by atoms with Gasteiger partial charge in [-0.1, -0.05) is 18.2 Å². The molecule has 26 heavy (non-hydrogen) atoms. The number of para-hydroxylation sites is 1. The molecule has 0 aliphatic carbocycles. The Morgan fingerprint density at radius 3 is 2.62 bits per heavy atom. The summed E-state index contributed by atoms with van der Waals surface area (Å²) in [5.41, 5.74) is 2.92. The predicted molar refractivity (Wildman–Crippen MR) is 111 cm³/mol. The number of rotatable bonds is 3. The minimum absolute atomic E-state index is 0.184. The van der Waals surface area contributed by atoms with Crippen LogP contribution in [0, 0.1) is 10.5 Å². The quantitative estimate of drug-likeness (QED) is 0.461. The van der Waals surface area contributed by atoms with Crippen LogP contribution in [0.5, 0.6) is 0 Å². The van der Waals surface area contributed by atoms with Gasteiger partial charge in [0.05, 0.1) is 23.0 Å². The van der Waals surface area contributed by atoms with E-state index in [0.29, 0.717) is 11.4 Å². The molecule has 2 aromatic heterocycles. The summed E-state index contributed by atoms with van der Waals surface area (Å²) in [7, 11) is 0. The Bertz CT molecular complexity index is 1100. The van der Waals surface area contributed by atoms with Gasteiger partial charge in [0.1, 0.15) is 0 Å². The van der Waals surface area contributed by atoms with Crippen molar-refractivity contribution in [2.75, 3.05) is 5.32 Å². The molecule has 1 N–H and O–H groups in total. The van der Waals surface area contributed by atoms with Crippen LogP contribution < -0.4 is 5.32 Å². The van der Waals surface area contributed by atoms with E-state index < -0.39 is 0 Å². The van der Waals surface area contributed by atoms with Crippen LogP contribution in [0.1, 0.15) is 16.1 Å². The van der Waals surface area contributed by atoms with E-state index in [1.165, 1.54) is 0 Å². The van der Waals surface area contributed by atoms with Crippen LogP contribution in [0.25, 0.3) is 16.7 Å². The molecule has 0 spiro atoms. The molecule has 5 nitrogen and oxygen atoms in total. The molecule has 0 atom stereocenters. The van der Waals surface area contributed by atoms with Gasteiger partial charge in [-0.05, 0) is 72.0 Å². The Balaban J connectivity index is 1.64. The first-order valence-electron chi connectivity index (χ1n) is 8.09. The normalized spacial score (nSPS) is 10.8. The summed E-state index contributed by atoms with van der Waals surface area (Å²) >= 11 is 2.23. The zero-order valence-corrected chi connectivity index (χ0v) is 16.1. The Morgan fingerprint density at radius 1 is 1.04 bits per heavy atom. The smallest absolute Gasteiger partial charge is 0.259 e. The van der Waals surface area contributed by atoms with Gasteiger partial charge in [-0.25, -0.2) is 9.67 Å². The molecule has 4 rings (SSSR count). The maximum Gasteiger partial charge on any atom is 0.259 e. The number of carbonyl (C=O) groups is 1. The van der Waals surface area contributed by atoms with Crippen molar-refractivity contribution in [2.24, 2.45) is 0 Å². The van der Waals surface area contributed by atoms with Crippen LogP contribution in [-0.2, 0) is 0 Å². The van der Waals surface area contributed by atoms with Crippen molar-refractivity contribution in [3.05, 3.63) is 81.7 Å². The van der Waals surface area contributed by atoms with E-state index in [1.807, 2.05) is 67.6 Å². The molecule has 0 saturated carbocycles. The van der Waals surface area contributed by atoms with Gasteiger partial charge in [0.15, 0.2) is 5.82 Å². The first-order chi connectivity index (χ1) is 12.6. The Hall–Kier alpha value is -2.74. The number of amides is 1. The minimum Gasteiger partial charge on any atom is -0.322 e. The summed E-state index contributed by atoms with van der Waals surface area (Å²) in [5.74, 6) is 0.505. The molecule has 0 aliphatic rings. The van der Waals surface area contributed by atoms with Crippen molar-refractivity contribution in [1.29, 1.82) is 0 Å². The van der Waals surface area contributed by atoms with Crippen LogP contribution >= 0.6 is 22.6 Å². The summed E-state index contributed by atoms with van der Waals surface area (Å²) in [6, 6.07) is 19.5. The second-order valence-corrected chi connectivity index (χ2v) is 7.12. The Morgan fingerprint density at radius 2 is 1.81 bits per heavy atom. The second-order valence-electron chi connectivity index (χ2n) is 5.88. The molecule has 6 heteroatoms. The molecular weight excluding hydrogens is 439 g/mol. The summed E-state index contributed by atoms with van der Waals surface area (Å²) in [6.45, 7) is 1.87. The highest BCUT2D eigenvalue weighted by Gasteiger charge is 2.16. The number of aromatic nitrogens is 3. The molecule has 0 saturated heterocycles. The highest BCUT2D eigenvalue weighted by Crippen LogP contribution is 2.18. The maximum atomic E-state index is 12.6. The first-order valence-corrected chi connectivity index (χ1v) is 9.17. The van der Waals surface area contributed by atoms with Crippen LogP contribution in [0.3, 0.4) is 0 Å². The number of benzene rings is 2. The molecule has 0 unspecified atom stereocenters. The predicted octanol–water partition coefficient (Wildman–Crippen LogP) is 4.59. The lowest BCUT2D eigenvalue weighted by molar-refractivity contribution is 0.102. The number of halogens is 1. The SMILES string of the molecule is Cc1c(C(=O)Nc2ccc(I)cc2)cnn1-c1ccc2ccccc2n1. The van der Waals surface area contributed by atoms with Gasteiger partial charge in [-0.3, -0.25) is 4.79 Å². The van der Waals surface area contributed by atoms with Crippen molar-refractivity contribution in [2.45, 2.75) is 6.92 Å². The van der Waals surface area contributed by atoms with Crippen molar-refractivity contribution in [3.8, 4) is 5.82 Å². The van der Waals surface area contributed by atoms with E-state index in [-0.39, 0.29) is 5.91 Å². The summed E-state index contributed by atoms with van der Waals surface area (Å²) in [5, 5.41) is 8.33. The van der Waals surface area contributed by atoms with E-state index in [2.05, 4.69) is 38.0 Å². The Labute approximate surface area is 164 Å².